The van der Waals surface area contributed by atoms with Crippen molar-refractivity contribution in [2.45, 2.75) is 47.3 Å². The Hall–Kier alpha value is -3.09. The van der Waals surface area contributed by atoms with Crippen LogP contribution in [0.1, 0.15) is 46.9 Å². The van der Waals surface area contributed by atoms with Crippen molar-refractivity contribution in [3.63, 3.8) is 0 Å². The van der Waals surface area contributed by atoms with E-state index in [0.29, 0.717) is 17.0 Å². The minimum absolute atomic E-state index is 0.205. The highest BCUT2D eigenvalue weighted by atomic mass is 16.5. The van der Waals surface area contributed by atoms with Gasteiger partial charge in [-0.2, -0.15) is 5.10 Å². The molecule has 1 amide bonds. The average Bonchev–Trinajstić information content (AvgIpc) is 3.22. The van der Waals surface area contributed by atoms with E-state index in [1.165, 1.54) is 5.56 Å². The molecule has 2 aromatic heterocycles. The Morgan fingerprint density at radius 3 is 2.59 bits per heavy atom. The molecule has 0 atom stereocenters. The van der Waals surface area contributed by atoms with Crippen LogP contribution < -0.4 is 10.1 Å². The Morgan fingerprint density at radius 2 is 1.96 bits per heavy atom. The summed E-state index contributed by atoms with van der Waals surface area (Å²) >= 11 is 0. The minimum Gasteiger partial charge on any atom is -0.489 e. The first-order chi connectivity index (χ1) is 13.0. The van der Waals surface area contributed by atoms with E-state index in [2.05, 4.69) is 22.5 Å². The quantitative estimate of drug-likeness (QED) is 0.684. The van der Waals surface area contributed by atoms with Crippen LogP contribution in [0.4, 0.5) is 5.69 Å². The Morgan fingerprint density at radius 1 is 1.22 bits per heavy atom. The first kappa shape index (κ1) is 18.7. The van der Waals surface area contributed by atoms with Crippen molar-refractivity contribution in [1.82, 2.24) is 14.9 Å². The van der Waals surface area contributed by atoms with Crippen LogP contribution in [0.25, 0.3) is 0 Å². The Balaban J connectivity index is 1.72. The van der Waals surface area contributed by atoms with Crippen LogP contribution in [0.3, 0.4) is 0 Å². The summed E-state index contributed by atoms with van der Waals surface area (Å²) in [6.07, 6.45) is 2.77. The summed E-state index contributed by atoms with van der Waals surface area (Å²) in [6, 6.07) is 7.89. The highest BCUT2D eigenvalue weighted by Crippen LogP contribution is 2.20. The zero-order chi connectivity index (χ0) is 19.4. The lowest BCUT2D eigenvalue weighted by molar-refractivity contribution is 0.101. The van der Waals surface area contributed by atoms with E-state index in [-0.39, 0.29) is 18.2 Å². The molecule has 0 aliphatic rings. The largest absolute Gasteiger partial charge is 0.489 e. The summed E-state index contributed by atoms with van der Waals surface area (Å²) in [4.78, 5) is 12.7. The van der Waals surface area contributed by atoms with Crippen molar-refractivity contribution in [2.75, 3.05) is 5.32 Å². The number of carbonyl (C=O) groups excluding carboxylic acids is 1. The standard InChI is InChI=1S/C20H24N4O3/c1-5-15-7-9-16(10-8-15)26-12-17-14(4)27-23-19(17)20(25)21-18-11-24(6-2)22-13(18)3/h7-11H,5-6,12H2,1-4H3,(H,21,25). The maximum absolute atomic E-state index is 12.7. The molecule has 0 aliphatic carbocycles. The zero-order valence-electron chi connectivity index (χ0n) is 16.1. The Labute approximate surface area is 158 Å². The van der Waals surface area contributed by atoms with E-state index in [4.69, 9.17) is 9.26 Å². The third-order valence-electron chi connectivity index (χ3n) is 4.43. The number of hydrogen-bond donors (Lipinski definition) is 1. The smallest absolute Gasteiger partial charge is 0.278 e. The van der Waals surface area contributed by atoms with E-state index in [1.54, 1.807) is 17.8 Å². The molecule has 0 unspecified atom stereocenters. The molecule has 27 heavy (non-hydrogen) atoms. The Bertz CT molecular complexity index is 925. The van der Waals surface area contributed by atoms with E-state index >= 15 is 0 Å². The molecule has 0 fully saturated rings. The second-order valence-electron chi connectivity index (χ2n) is 6.29. The van der Waals surface area contributed by atoms with Crippen LogP contribution in [0.15, 0.2) is 35.0 Å². The molecular formula is C20H24N4O3. The number of anilines is 1. The lowest BCUT2D eigenvalue weighted by atomic mass is 10.1. The molecule has 0 aliphatic heterocycles. The van der Waals surface area contributed by atoms with Gasteiger partial charge in [0.15, 0.2) is 5.69 Å². The number of aromatic nitrogens is 3. The number of carbonyl (C=O) groups is 1. The van der Waals surface area contributed by atoms with Gasteiger partial charge >= 0.3 is 0 Å². The molecule has 0 radical (unpaired) electrons. The monoisotopic (exact) mass is 368 g/mol. The number of hydrogen-bond acceptors (Lipinski definition) is 5. The van der Waals surface area contributed by atoms with Gasteiger partial charge in [-0.3, -0.25) is 9.48 Å². The third kappa shape index (κ3) is 4.19. The molecule has 0 saturated carbocycles. The molecule has 0 spiro atoms. The molecule has 1 N–H and O–H groups in total. The molecule has 3 aromatic rings. The van der Waals surface area contributed by atoms with E-state index in [0.717, 1.165) is 24.4 Å². The molecule has 7 nitrogen and oxygen atoms in total. The predicted octanol–water partition coefficient (Wildman–Crippen LogP) is 3.90. The van der Waals surface area contributed by atoms with Crippen molar-refractivity contribution in [3.8, 4) is 5.75 Å². The number of nitrogens with zero attached hydrogens (tertiary/aromatic N) is 3. The second kappa shape index (κ2) is 8.07. The fourth-order valence-electron chi connectivity index (χ4n) is 2.70. The van der Waals surface area contributed by atoms with Gasteiger partial charge in [-0.25, -0.2) is 0 Å². The highest BCUT2D eigenvalue weighted by Gasteiger charge is 2.21. The van der Waals surface area contributed by atoms with Crippen LogP contribution in [-0.2, 0) is 19.6 Å². The van der Waals surface area contributed by atoms with Gasteiger partial charge in [0.25, 0.3) is 5.91 Å². The van der Waals surface area contributed by atoms with E-state index < -0.39 is 0 Å². The summed E-state index contributed by atoms with van der Waals surface area (Å²) in [6.45, 7) is 8.64. The average molecular weight is 368 g/mol. The fourth-order valence-corrected chi connectivity index (χ4v) is 2.70. The van der Waals surface area contributed by atoms with Crippen LogP contribution in [0, 0.1) is 13.8 Å². The summed E-state index contributed by atoms with van der Waals surface area (Å²) in [5, 5.41) is 11.1. The number of nitrogens with one attached hydrogen (secondary N) is 1. The number of ether oxygens (including phenoxy) is 1. The van der Waals surface area contributed by atoms with Crippen molar-refractivity contribution >= 4 is 11.6 Å². The summed E-state index contributed by atoms with van der Waals surface area (Å²) in [5.74, 6) is 0.955. The number of aryl methyl sites for hydroxylation is 4. The minimum atomic E-state index is -0.342. The SMILES string of the molecule is CCc1ccc(OCc2c(C(=O)Nc3cn(CC)nc3C)noc2C)cc1. The number of benzene rings is 1. The Kier molecular flexibility index (Phi) is 5.59. The van der Waals surface area contributed by atoms with Gasteiger partial charge in [0.1, 0.15) is 18.1 Å². The van der Waals surface area contributed by atoms with E-state index in [9.17, 15) is 4.79 Å². The van der Waals surface area contributed by atoms with Gasteiger partial charge < -0.3 is 14.6 Å². The second-order valence-corrected chi connectivity index (χ2v) is 6.29. The first-order valence-electron chi connectivity index (χ1n) is 9.04. The predicted molar refractivity (Wildman–Crippen MR) is 102 cm³/mol. The number of amides is 1. The fraction of sp³-hybridized carbons (Fsp3) is 0.350. The summed E-state index contributed by atoms with van der Waals surface area (Å²) in [7, 11) is 0. The molecular weight excluding hydrogens is 344 g/mol. The molecule has 0 saturated heterocycles. The third-order valence-corrected chi connectivity index (χ3v) is 4.43. The summed E-state index contributed by atoms with van der Waals surface area (Å²) < 4.78 is 12.8. The molecule has 3 rings (SSSR count). The molecule has 142 valence electrons. The van der Waals surface area contributed by atoms with E-state index in [1.807, 2.05) is 38.1 Å². The van der Waals surface area contributed by atoms with Crippen LogP contribution in [0.2, 0.25) is 0 Å². The van der Waals surface area contributed by atoms with Gasteiger partial charge in [0.05, 0.1) is 16.9 Å². The maximum atomic E-state index is 12.7. The van der Waals surface area contributed by atoms with Crippen LogP contribution in [0.5, 0.6) is 5.75 Å². The van der Waals surface area contributed by atoms with Gasteiger partial charge in [-0.05, 0) is 44.9 Å². The molecule has 2 heterocycles. The maximum Gasteiger partial charge on any atom is 0.278 e. The first-order valence-corrected chi connectivity index (χ1v) is 9.04. The molecule has 1 aromatic carbocycles. The van der Waals surface area contributed by atoms with Crippen molar-refractivity contribution in [3.05, 3.63) is 58.7 Å². The van der Waals surface area contributed by atoms with Gasteiger partial charge in [0.2, 0.25) is 0 Å². The summed E-state index contributed by atoms with van der Waals surface area (Å²) in [5.41, 5.74) is 3.50. The van der Waals surface area contributed by atoms with Crippen molar-refractivity contribution < 1.29 is 14.1 Å². The lowest BCUT2D eigenvalue weighted by Crippen LogP contribution is -2.15. The highest BCUT2D eigenvalue weighted by molar-refractivity contribution is 6.04. The van der Waals surface area contributed by atoms with Gasteiger partial charge in [-0.15, -0.1) is 0 Å². The lowest BCUT2D eigenvalue weighted by Gasteiger charge is -2.07. The van der Waals surface area contributed by atoms with Crippen LogP contribution >= 0.6 is 0 Å². The normalized spacial score (nSPS) is 10.8. The molecule has 0 bridgehead atoms. The van der Waals surface area contributed by atoms with Crippen LogP contribution in [-0.4, -0.2) is 20.8 Å². The zero-order valence-corrected chi connectivity index (χ0v) is 16.1. The topological polar surface area (TPSA) is 82.2 Å². The number of rotatable bonds is 7. The van der Waals surface area contributed by atoms with Gasteiger partial charge in [-0.1, -0.05) is 24.2 Å². The van der Waals surface area contributed by atoms with Gasteiger partial charge in [0, 0.05) is 12.7 Å². The molecule has 7 heteroatoms. The van der Waals surface area contributed by atoms with Crippen molar-refractivity contribution in [1.29, 1.82) is 0 Å². The van der Waals surface area contributed by atoms with Crippen molar-refractivity contribution in [2.24, 2.45) is 0 Å².